The molecule has 2 aromatic carbocycles. The van der Waals surface area contributed by atoms with Gasteiger partial charge in [0.15, 0.2) is 12.4 Å². The maximum absolute atomic E-state index is 13.5. The average Bonchev–Trinajstić information content (AvgIpc) is 2.65. The van der Waals surface area contributed by atoms with E-state index in [4.69, 9.17) is 4.74 Å². The largest absolute Gasteiger partial charge is 0.482 e. The molecule has 0 saturated heterocycles. The van der Waals surface area contributed by atoms with Crippen molar-refractivity contribution in [3.05, 3.63) is 53.6 Å². The molecule has 27 heavy (non-hydrogen) atoms. The maximum Gasteiger partial charge on any atom is 0.264 e. The number of fused-ring (bicyclic) bond motifs is 1. The minimum absolute atomic E-state index is 0.0586. The monoisotopic (exact) mass is 374 g/mol. The first-order chi connectivity index (χ1) is 12.8. The van der Waals surface area contributed by atoms with Gasteiger partial charge in [-0.3, -0.25) is 14.4 Å². The van der Waals surface area contributed by atoms with Gasteiger partial charge < -0.3 is 15.0 Å². The summed E-state index contributed by atoms with van der Waals surface area (Å²) in [5.41, 5.74) is 0.662. The van der Waals surface area contributed by atoms with Crippen molar-refractivity contribution in [3.63, 3.8) is 0 Å². The number of ketones is 1. The van der Waals surface area contributed by atoms with Crippen LogP contribution in [0, 0.1) is 11.6 Å². The summed E-state index contributed by atoms with van der Waals surface area (Å²) in [4.78, 5) is 37.3. The van der Waals surface area contributed by atoms with E-state index in [1.807, 2.05) is 0 Å². The molecule has 0 atom stereocenters. The molecule has 0 aliphatic carbocycles. The van der Waals surface area contributed by atoms with Crippen molar-refractivity contribution in [1.82, 2.24) is 0 Å². The van der Waals surface area contributed by atoms with Gasteiger partial charge in [-0.1, -0.05) is 0 Å². The Balaban J connectivity index is 1.62. The number of carbonyl (C=O) groups is 3. The van der Waals surface area contributed by atoms with Gasteiger partial charge in [0.05, 0.1) is 11.4 Å². The van der Waals surface area contributed by atoms with Crippen LogP contribution in [0.25, 0.3) is 0 Å². The summed E-state index contributed by atoms with van der Waals surface area (Å²) in [6.45, 7) is -0.0586. The summed E-state index contributed by atoms with van der Waals surface area (Å²) in [7, 11) is 1.59. The lowest BCUT2D eigenvalue weighted by Gasteiger charge is -2.26. The van der Waals surface area contributed by atoms with Gasteiger partial charge in [0.25, 0.3) is 5.91 Å². The summed E-state index contributed by atoms with van der Waals surface area (Å²) in [6.07, 6.45) is -0.274. The topological polar surface area (TPSA) is 75.7 Å². The number of anilines is 2. The molecule has 0 aromatic heterocycles. The molecule has 0 radical (unpaired) electrons. The van der Waals surface area contributed by atoms with Gasteiger partial charge in [-0.25, -0.2) is 8.78 Å². The Morgan fingerprint density at radius 3 is 2.67 bits per heavy atom. The average molecular weight is 374 g/mol. The highest BCUT2D eigenvalue weighted by Gasteiger charge is 2.23. The zero-order chi connectivity index (χ0) is 19.6. The predicted molar refractivity (Wildman–Crippen MR) is 93.9 cm³/mol. The lowest BCUT2D eigenvalue weighted by Crippen LogP contribution is -2.35. The third-order valence-electron chi connectivity index (χ3n) is 4.15. The molecule has 1 aliphatic rings. The first kappa shape index (κ1) is 18.5. The van der Waals surface area contributed by atoms with Crippen molar-refractivity contribution in [2.24, 2.45) is 0 Å². The standard InChI is InChI=1S/C19H16F2N2O4/c1-23-15-8-11(2-6-17(15)27-10-19(23)26)16(24)5-7-18(25)22-14-4-3-12(20)9-13(14)21/h2-4,6,8-9H,5,7,10H2,1H3,(H,22,25). The van der Waals surface area contributed by atoms with Crippen molar-refractivity contribution in [2.75, 3.05) is 23.9 Å². The fourth-order valence-corrected chi connectivity index (χ4v) is 2.62. The molecule has 3 rings (SSSR count). The fourth-order valence-electron chi connectivity index (χ4n) is 2.62. The van der Waals surface area contributed by atoms with Gasteiger partial charge in [0, 0.05) is 31.5 Å². The molecule has 1 aliphatic heterocycles. The number of amides is 2. The number of Topliss-reactive ketones (excluding diaryl/α,β-unsaturated/α-hetero) is 1. The molecule has 0 fully saturated rings. The first-order valence-corrected chi connectivity index (χ1v) is 8.16. The van der Waals surface area contributed by atoms with Crippen LogP contribution in [-0.4, -0.2) is 31.3 Å². The smallest absolute Gasteiger partial charge is 0.264 e. The SMILES string of the molecule is CN1C(=O)COc2ccc(C(=O)CCC(=O)Nc3ccc(F)cc3F)cc21. The van der Waals surface area contributed by atoms with Crippen molar-refractivity contribution < 1.29 is 27.9 Å². The van der Waals surface area contributed by atoms with E-state index in [0.29, 0.717) is 23.1 Å². The van der Waals surface area contributed by atoms with Crippen LogP contribution in [0.5, 0.6) is 5.75 Å². The Bertz CT molecular complexity index is 930. The molecule has 1 heterocycles. The second-order valence-corrected chi connectivity index (χ2v) is 6.02. The Labute approximate surface area is 153 Å². The predicted octanol–water partition coefficient (Wildman–Crippen LogP) is 2.92. The number of nitrogens with one attached hydrogen (secondary N) is 1. The normalized spacial score (nSPS) is 13.0. The van der Waals surface area contributed by atoms with E-state index in [-0.39, 0.29) is 36.8 Å². The van der Waals surface area contributed by atoms with Gasteiger partial charge in [-0.2, -0.15) is 0 Å². The number of hydrogen-bond donors (Lipinski definition) is 1. The van der Waals surface area contributed by atoms with Gasteiger partial charge in [-0.15, -0.1) is 0 Å². The van der Waals surface area contributed by atoms with Gasteiger partial charge in [0.2, 0.25) is 5.91 Å². The number of rotatable bonds is 5. The van der Waals surface area contributed by atoms with Crippen LogP contribution < -0.4 is 15.0 Å². The zero-order valence-electron chi connectivity index (χ0n) is 14.4. The number of carbonyl (C=O) groups excluding carboxylic acids is 3. The first-order valence-electron chi connectivity index (χ1n) is 8.16. The molecule has 0 bridgehead atoms. The number of nitrogens with zero attached hydrogens (tertiary/aromatic N) is 1. The van der Waals surface area contributed by atoms with Crippen LogP contribution in [0.2, 0.25) is 0 Å². The molecule has 6 nitrogen and oxygen atoms in total. The highest BCUT2D eigenvalue weighted by atomic mass is 19.1. The van der Waals surface area contributed by atoms with Crippen LogP contribution in [-0.2, 0) is 9.59 Å². The molecule has 8 heteroatoms. The van der Waals surface area contributed by atoms with Crippen LogP contribution >= 0.6 is 0 Å². The van der Waals surface area contributed by atoms with Gasteiger partial charge in [-0.05, 0) is 30.3 Å². The Kier molecular flexibility index (Phi) is 5.16. The molecule has 1 N–H and O–H groups in total. The zero-order valence-corrected chi connectivity index (χ0v) is 14.4. The maximum atomic E-state index is 13.5. The van der Waals surface area contributed by atoms with E-state index in [1.165, 1.54) is 11.0 Å². The van der Waals surface area contributed by atoms with E-state index < -0.39 is 17.5 Å². The molecule has 0 saturated carbocycles. The van der Waals surface area contributed by atoms with Crippen molar-refractivity contribution in [3.8, 4) is 5.75 Å². The summed E-state index contributed by atoms with van der Waals surface area (Å²) in [5, 5.41) is 2.30. The fraction of sp³-hybridized carbons (Fsp3) is 0.211. The molecule has 140 valence electrons. The Hall–Kier alpha value is -3.29. The third kappa shape index (κ3) is 4.11. The van der Waals surface area contributed by atoms with Crippen molar-refractivity contribution in [1.29, 1.82) is 0 Å². The Morgan fingerprint density at radius 2 is 1.93 bits per heavy atom. The molecular weight excluding hydrogens is 358 g/mol. The van der Waals surface area contributed by atoms with Crippen LogP contribution in [0.3, 0.4) is 0 Å². The van der Waals surface area contributed by atoms with E-state index in [0.717, 1.165) is 12.1 Å². The number of hydrogen-bond acceptors (Lipinski definition) is 4. The molecule has 2 aromatic rings. The van der Waals surface area contributed by atoms with E-state index in [9.17, 15) is 23.2 Å². The number of likely N-dealkylation sites (N-methyl/N-ethyl adjacent to an activating group) is 1. The molecule has 2 amide bonds. The van der Waals surface area contributed by atoms with E-state index in [2.05, 4.69) is 5.32 Å². The second kappa shape index (κ2) is 7.53. The number of benzene rings is 2. The quantitative estimate of drug-likeness (QED) is 0.817. The molecule has 0 spiro atoms. The Morgan fingerprint density at radius 1 is 1.15 bits per heavy atom. The minimum Gasteiger partial charge on any atom is -0.482 e. The van der Waals surface area contributed by atoms with E-state index in [1.54, 1.807) is 19.2 Å². The summed E-state index contributed by atoms with van der Waals surface area (Å²) >= 11 is 0. The molecule has 0 unspecified atom stereocenters. The number of halogens is 2. The minimum atomic E-state index is -0.892. The summed E-state index contributed by atoms with van der Waals surface area (Å²) in [6, 6.07) is 7.49. The second-order valence-electron chi connectivity index (χ2n) is 6.02. The van der Waals surface area contributed by atoms with Crippen molar-refractivity contribution in [2.45, 2.75) is 12.8 Å². The van der Waals surface area contributed by atoms with Crippen LogP contribution in [0.4, 0.5) is 20.2 Å². The highest BCUT2D eigenvalue weighted by Crippen LogP contribution is 2.32. The third-order valence-corrected chi connectivity index (χ3v) is 4.15. The lowest BCUT2D eigenvalue weighted by molar-refractivity contribution is -0.121. The summed E-state index contributed by atoms with van der Waals surface area (Å²) in [5.74, 6) is -2.25. The van der Waals surface area contributed by atoms with Crippen molar-refractivity contribution >= 4 is 29.0 Å². The van der Waals surface area contributed by atoms with Gasteiger partial charge in [0.1, 0.15) is 17.4 Å². The van der Waals surface area contributed by atoms with E-state index >= 15 is 0 Å². The number of ether oxygens (including phenoxy) is 1. The van der Waals surface area contributed by atoms with Gasteiger partial charge >= 0.3 is 0 Å². The summed E-state index contributed by atoms with van der Waals surface area (Å²) < 4.78 is 31.7. The van der Waals surface area contributed by atoms with Crippen LogP contribution in [0.1, 0.15) is 23.2 Å². The van der Waals surface area contributed by atoms with Crippen LogP contribution in [0.15, 0.2) is 36.4 Å². The molecular formula is C19H16F2N2O4. The lowest BCUT2D eigenvalue weighted by atomic mass is 10.0. The highest BCUT2D eigenvalue weighted by molar-refractivity contribution is 6.03.